The highest BCUT2D eigenvalue weighted by molar-refractivity contribution is 5.07. The van der Waals surface area contributed by atoms with E-state index >= 15 is 0 Å². The third-order valence-electron chi connectivity index (χ3n) is 5.90. The lowest BCUT2D eigenvalue weighted by Gasteiger charge is -2.31. The molecule has 0 aromatic rings. The molecule has 3 unspecified atom stereocenters. The van der Waals surface area contributed by atoms with Gasteiger partial charge in [0, 0.05) is 13.2 Å². The standard InChI is InChI=1S/C10H18O.C10H20O/c1-7-4-8(2)10(6-11)9(3)5-7;1-8(2)10-5-3-9(7-11)4-6-10/h4,8-11H,5-6H2,1-3H3;8-11H,3-7H2,1-2H3. The third-order valence-corrected chi connectivity index (χ3v) is 5.90. The average molecular weight is 311 g/mol. The van der Waals surface area contributed by atoms with Gasteiger partial charge >= 0.3 is 0 Å². The third kappa shape index (κ3) is 6.04. The monoisotopic (exact) mass is 310 g/mol. The van der Waals surface area contributed by atoms with Gasteiger partial charge in [-0.15, -0.1) is 0 Å². The molecule has 130 valence electrons. The number of allylic oxidation sites excluding steroid dienone is 2. The van der Waals surface area contributed by atoms with E-state index in [-0.39, 0.29) is 0 Å². The van der Waals surface area contributed by atoms with Crippen LogP contribution >= 0.6 is 0 Å². The van der Waals surface area contributed by atoms with Crippen molar-refractivity contribution in [1.82, 2.24) is 0 Å². The Labute approximate surface area is 138 Å². The Bertz CT molecular complexity index is 327. The summed E-state index contributed by atoms with van der Waals surface area (Å²) in [5.74, 6) is 4.08. The van der Waals surface area contributed by atoms with E-state index in [2.05, 4.69) is 40.7 Å². The van der Waals surface area contributed by atoms with E-state index in [1.807, 2.05) is 0 Å². The van der Waals surface area contributed by atoms with Gasteiger partial charge in [0.2, 0.25) is 0 Å². The maximum Gasteiger partial charge on any atom is 0.0467 e. The van der Waals surface area contributed by atoms with Crippen LogP contribution in [0, 0.1) is 35.5 Å². The maximum absolute atomic E-state index is 9.09. The van der Waals surface area contributed by atoms with Crippen LogP contribution in [0.5, 0.6) is 0 Å². The molecule has 0 heterocycles. The van der Waals surface area contributed by atoms with Crippen molar-refractivity contribution >= 4 is 0 Å². The first kappa shape index (κ1) is 19.7. The molecule has 2 aliphatic carbocycles. The van der Waals surface area contributed by atoms with Crippen LogP contribution in [0.1, 0.15) is 66.7 Å². The van der Waals surface area contributed by atoms with Crippen molar-refractivity contribution in [2.45, 2.75) is 66.7 Å². The normalized spacial score (nSPS) is 35.6. The minimum atomic E-state index is 0.339. The van der Waals surface area contributed by atoms with Crippen LogP contribution in [-0.4, -0.2) is 23.4 Å². The van der Waals surface area contributed by atoms with Crippen LogP contribution in [-0.2, 0) is 0 Å². The van der Waals surface area contributed by atoms with Gasteiger partial charge in [-0.3, -0.25) is 0 Å². The molecule has 2 heteroatoms. The summed E-state index contributed by atoms with van der Waals surface area (Å²) in [6, 6.07) is 0. The summed E-state index contributed by atoms with van der Waals surface area (Å²) in [6.45, 7) is 12.0. The predicted molar refractivity (Wildman–Crippen MR) is 94.6 cm³/mol. The Morgan fingerprint density at radius 2 is 1.64 bits per heavy atom. The lowest BCUT2D eigenvalue weighted by atomic mass is 9.75. The van der Waals surface area contributed by atoms with Crippen molar-refractivity contribution in [3.8, 4) is 0 Å². The van der Waals surface area contributed by atoms with Crippen LogP contribution in [0.2, 0.25) is 0 Å². The summed E-state index contributed by atoms with van der Waals surface area (Å²) in [4.78, 5) is 0. The fraction of sp³-hybridized carbons (Fsp3) is 0.900. The van der Waals surface area contributed by atoms with Crippen LogP contribution in [0.25, 0.3) is 0 Å². The summed E-state index contributed by atoms with van der Waals surface area (Å²) in [5.41, 5.74) is 1.48. The molecule has 0 bridgehead atoms. The van der Waals surface area contributed by atoms with E-state index in [9.17, 15) is 0 Å². The number of hydrogen-bond acceptors (Lipinski definition) is 2. The van der Waals surface area contributed by atoms with Crippen LogP contribution in [0.15, 0.2) is 11.6 Å². The fourth-order valence-electron chi connectivity index (χ4n) is 4.20. The van der Waals surface area contributed by atoms with Crippen molar-refractivity contribution in [1.29, 1.82) is 0 Å². The summed E-state index contributed by atoms with van der Waals surface area (Å²) in [7, 11) is 0. The Balaban J connectivity index is 0.000000220. The van der Waals surface area contributed by atoms with Crippen molar-refractivity contribution in [3.63, 3.8) is 0 Å². The first-order valence-corrected chi connectivity index (χ1v) is 9.28. The van der Waals surface area contributed by atoms with Gasteiger partial charge in [0.1, 0.15) is 0 Å². The Hall–Kier alpha value is -0.340. The van der Waals surface area contributed by atoms with E-state index in [0.29, 0.717) is 36.9 Å². The van der Waals surface area contributed by atoms with Crippen molar-refractivity contribution in [2.24, 2.45) is 35.5 Å². The molecule has 0 amide bonds. The molecule has 0 saturated heterocycles. The van der Waals surface area contributed by atoms with Gasteiger partial charge in [0.05, 0.1) is 0 Å². The second kappa shape index (κ2) is 9.72. The zero-order chi connectivity index (χ0) is 16.7. The van der Waals surface area contributed by atoms with Gasteiger partial charge in [-0.2, -0.15) is 0 Å². The lowest BCUT2D eigenvalue weighted by molar-refractivity contribution is 0.144. The first-order valence-electron chi connectivity index (χ1n) is 9.28. The molecule has 1 fully saturated rings. The number of rotatable bonds is 3. The summed E-state index contributed by atoms with van der Waals surface area (Å²) in [6.07, 6.45) is 8.63. The molecular formula is C20H38O2. The molecule has 0 aliphatic heterocycles. The molecule has 0 aromatic carbocycles. The van der Waals surface area contributed by atoms with Crippen LogP contribution in [0.4, 0.5) is 0 Å². The van der Waals surface area contributed by atoms with E-state index < -0.39 is 0 Å². The van der Waals surface area contributed by atoms with Gasteiger partial charge in [0.25, 0.3) is 0 Å². The van der Waals surface area contributed by atoms with Gasteiger partial charge in [0.15, 0.2) is 0 Å². The van der Waals surface area contributed by atoms with Crippen LogP contribution in [0.3, 0.4) is 0 Å². The molecular weight excluding hydrogens is 272 g/mol. The molecule has 3 atom stereocenters. The molecule has 0 spiro atoms. The number of aliphatic hydroxyl groups is 2. The largest absolute Gasteiger partial charge is 0.396 e. The maximum atomic E-state index is 9.09. The molecule has 2 aliphatic rings. The van der Waals surface area contributed by atoms with E-state index in [4.69, 9.17) is 10.2 Å². The smallest absolute Gasteiger partial charge is 0.0467 e. The molecule has 2 N–H and O–H groups in total. The topological polar surface area (TPSA) is 40.5 Å². The van der Waals surface area contributed by atoms with Crippen molar-refractivity contribution in [3.05, 3.63) is 11.6 Å². The molecule has 2 nitrogen and oxygen atoms in total. The molecule has 2 rings (SSSR count). The van der Waals surface area contributed by atoms with Crippen molar-refractivity contribution in [2.75, 3.05) is 13.2 Å². The SMILES string of the molecule is CC(C)C1CCC(CO)CC1.CC1=CC(C)C(CO)C(C)C1. The molecule has 0 aromatic heterocycles. The minimum absolute atomic E-state index is 0.339. The van der Waals surface area contributed by atoms with E-state index in [0.717, 1.165) is 18.3 Å². The zero-order valence-corrected chi connectivity index (χ0v) is 15.4. The Morgan fingerprint density at radius 1 is 1.05 bits per heavy atom. The average Bonchev–Trinajstić information content (AvgIpc) is 2.47. The highest BCUT2D eigenvalue weighted by Crippen LogP contribution is 2.33. The fourth-order valence-corrected chi connectivity index (χ4v) is 4.20. The molecule has 1 saturated carbocycles. The zero-order valence-electron chi connectivity index (χ0n) is 15.4. The van der Waals surface area contributed by atoms with Gasteiger partial charge in [-0.25, -0.2) is 0 Å². The Kier molecular flexibility index (Phi) is 8.71. The van der Waals surface area contributed by atoms with Crippen molar-refractivity contribution < 1.29 is 10.2 Å². The lowest BCUT2D eigenvalue weighted by Crippen LogP contribution is -2.26. The molecule has 0 radical (unpaired) electrons. The quantitative estimate of drug-likeness (QED) is 0.744. The second-order valence-corrected chi connectivity index (χ2v) is 8.11. The highest BCUT2D eigenvalue weighted by Gasteiger charge is 2.25. The minimum Gasteiger partial charge on any atom is -0.396 e. The summed E-state index contributed by atoms with van der Waals surface area (Å²) in [5, 5.41) is 18.0. The summed E-state index contributed by atoms with van der Waals surface area (Å²) >= 11 is 0. The predicted octanol–water partition coefficient (Wildman–Crippen LogP) is 4.66. The highest BCUT2D eigenvalue weighted by atomic mass is 16.3. The van der Waals surface area contributed by atoms with Gasteiger partial charge in [-0.05, 0) is 74.5 Å². The number of aliphatic hydroxyl groups excluding tert-OH is 2. The van der Waals surface area contributed by atoms with Crippen LogP contribution < -0.4 is 0 Å². The van der Waals surface area contributed by atoms with E-state index in [1.54, 1.807) is 0 Å². The number of hydrogen-bond donors (Lipinski definition) is 2. The van der Waals surface area contributed by atoms with Gasteiger partial charge < -0.3 is 10.2 Å². The Morgan fingerprint density at radius 3 is 2.05 bits per heavy atom. The first-order chi connectivity index (χ1) is 10.4. The summed E-state index contributed by atoms with van der Waals surface area (Å²) < 4.78 is 0. The van der Waals surface area contributed by atoms with Gasteiger partial charge in [-0.1, -0.05) is 39.3 Å². The molecule has 22 heavy (non-hydrogen) atoms. The van der Waals surface area contributed by atoms with E-state index in [1.165, 1.54) is 31.3 Å². The second-order valence-electron chi connectivity index (χ2n) is 8.11.